The van der Waals surface area contributed by atoms with Gasteiger partial charge in [-0.3, -0.25) is 19.2 Å². The maximum absolute atomic E-state index is 12.8. The third kappa shape index (κ3) is 5.64. The van der Waals surface area contributed by atoms with Crippen LogP contribution in [-0.2, 0) is 16.1 Å². The quantitative estimate of drug-likeness (QED) is 0.539. The molecule has 2 aromatic carbocycles. The molecular formula is C30H33N3O5. The molecule has 3 aromatic rings. The molecule has 5 rings (SSSR count). The lowest BCUT2D eigenvalue weighted by Gasteiger charge is -2.34. The number of likely N-dealkylation sites (tertiary alicyclic amines) is 2. The lowest BCUT2D eigenvalue weighted by molar-refractivity contribution is -0.134. The Kier molecular flexibility index (Phi) is 7.58. The van der Waals surface area contributed by atoms with Crippen LogP contribution in [0.1, 0.15) is 65.3 Å². The second-order valence-corrected chi connectivity index (χ2v) is 10.3. The topological polar surface area (TPSA) is 99.9 Å². The maximum atomic E-state index is 12.8. The first-order valence-electron chi connectivity index (χ1n) is 13.3. The number of piperidine rings is 2. The van der Waals surface area contributed by atoms with Gasteiger partial charge in [-0.2, -0.15) is 0 Å². The number of rotatable bonds is 6. The van der Waals surface area contributed by atoms with E-state index in [2.05, 4.69) is 17.4 Å². The van der Waals surface area contributed by atoms with E-state index in [9.17, 15) is 19.2 Å². The summed E-state index contributed by atoms with van der Waals surface area (Å²) in [5.41, 5.74) is 3.42. The van der Waals surface area contributed by atoms with Crippen molar-refractivity contribution in [2.24, 2.45) is 0 Å². The number of aryl methyl sites for hydroxylation is 1. The molecule has 8 nitrogen and oxygen atoms in total. The van der Waals surface area contributed by atoms with Crippen molar-refractivity contribution in [1.82, 2.24) is 15.1 Å². The first-order valence-corrected chi connectivity index (χ1v) is 13.3. The fourth-order valence-electron chi connectivity index (χ4n) is 5.49. The monoisotopic (exact) mass is 515 g/mol. The number of benzene rings is 2. The largest absolute Gasteiger partial charge is 0.451 e. The van der Waals surface area contributed by atoms with Gasteiger partial charge in [0.1, 0.15) is 5.58 Å². The number of hydrogen-bond donors (Lipinski definition) is 1. The van der Waals surface area contributed by atoms with Gasteiger partial charge in [-0.1, -0.05) is 35.9 Å². The van der Waals surface area contributed by atoms with E-state index in [1.165, 1.54) is 17.2 Å². The summed E-state index contributed by atoms with van der Waals surface area (Å²) in [6, 6.07) is 14.7. The number of nitrogens with one attached hydrogen (secondary N) is 1. The Morgan fingerprint density at radius 1 is 1.00 bits per heavy atom. The minimum atomic E-state index is -0.589. The van der Waals surface area contributed by atoms with E-state index in [4.69, 9.17) is 4.42 Å². The molecule has 0 saturated carbocycles. The molecule has 198 valence electrons. The third-order valence-corrected chi connectivity index (χ3v) is 7.63. The zero-order valence-electron chi connectivity index (χ0n) is 21.7. The van der Waals surface area contributed by atoms with Crippen molar-refractivity contribution in [2.45, 2.75) is 51.5 Å². The molecule has 2 aliphatic heterocycles. The number of hydrogen-bond acceptors (Lipinski definition) is 5. The third-order valence-electron chi connectivity index (χ3n) is 7.63. The molecule has 2 fully saturated rings. The Balaban J connectivity index is 1.16. The van der Waals surface area contributed by atoms with Crippen molar-refractivity contribution >= 4 is 28.7 Å². The molecule has 2 aliphatic rings. The Morgan fingerprint density at radius 2 is 1.79 bits per heavy atom. The van der Waals surface area contributed by atoms with E-state index in [0.717, 1.165) is 37.8 Å². The van der Waals surface area contributed by atoms with Crippen molar-refractivity contribution in [3.63, 3.8) is 0 Å². The average molecular weight is 516 g/mol. The van der Waals surface area contributed by atoms with Gasteiger partial charge < -0.3 is 19.5 Å². The first kappa shape index (κ1) is 25.7. The molecule has 0 spiro atoms. The highest BCUT2D eigenvalue weighted by molar-refractivity contribution is 5.95. The van der Waals surface area contributed by atoms with E-state index in [1.807, 2.05) is 30.0 Å². The van der Waals surface area contributed by atoms with Crippen LogP contribution in [0.15, 0.2) is 57.7 Å². The number of amides is 3. The zero-order chi connectivity index (χ0) is 26.6. The first-order chi connectivity index (χ1) is 18.4. The molecule has 38 heavy (non-hydrogen) atoms. The van der Waals surface area contributed by atoms with Gasteiger partial charge in [0.2, 0.25) is 11.8 Å². The highest BCUT2D eigenvalue weighted by Gasteiger charge is 2.27. The Hall–Kier alpha value is -3.94. The highest BCUT2D eigenvalue weighted by atomic mass is 16.3. The van der Waals surface area contributed by atoms with Crippen LogP contribution in [-0.4, -0.2) is 53.7 Å². The summed E-state index contributed by atoms with van der Waals surface area (Å²) < 4.78 is 5.61. The summed E-state index contributed by atoms with van der Waals surface area (Å²) in [5.74, 6) is -0.315. The number of fused-ring (bicyclic) bond motifs is 1. The van der Waals surface area contributed by atoms with E-state index in [0.29, 0.717) is 42.9 Å². The summed E-state index contributed by atoms with van der Waals surface area (Å²) in [4.78, 5) is 53.9. The Morgan fingerprint density at radius 3 is 2.58 bits per heavy atom. The van der Waals surface area contributed by atoms with Gasteiger partial charge >= 0.3 is 0 Å². The van der Waals surface area contributed by atoms with Gasteiger partial charge in [0.15, 0.2) is 11.2 Å². The van der Waals surface area contributed by atoms with Crippen LogP contribution >= 0.6 is 0 Å². The van der Waals surface area contributed by atoms with E-state index in [-0.39, 0.29) is 29.5 Å². The van der Waals surface area contributed by atoms with Crippen LogP contribution in [0, 0.1) is 6.92 Å². The highest BCUT2D eigenvalue weighted by Crippen LogP contribution is 2.31. The zero-order valence-corrected chi connectivity index (χ0v) is 21.7. The average Bonchev–Trinajstić information content (AvgIpc) is 2.93. The molecule has 3 amide bonds. The molecule has 0 bridgehead atoms. The van der Waals surface area contributed by atoms with E-state index >= 15 is 0 Å². The Labute approximate surface area is 221 Å². The van der Waals surface area contributed by atoms with Gasteiger partial charge in [-0.25, -0.2) is 0 Å². The summed E-state index contributed by atoms with van der Waals surface area (Å²) in [7, 11) is 0. The summed E-state index contributed by atoms with van der Waals surface area (Å²) in [5, 5.41) is 3.02. The molecule has 1 N–H and O–H groups in total. The van der Waals surface area contributed by atoms with Crippen LogP contribution in [0.5, 0.6) is 0 Å². The molecule has 0 aliphatic carbocycles. The van der Waals surface area contributed by atoms with Crippen molar-refractivity contribution in [2.75, 3.05) is 26.2 Å². The molecule has 1 aromatic heterocycles. The van der Waals surface area contributed by atoms with E-state index < -0.39 is 5.91 Å². The molecular weight excluding hydrogens is 482 g/mol. The van der Waals surface area contributed by atoms with Crippen LogP contribution in [0.2, 0.25) is 0 Å². The minimum Gasteiger partial charge on any atom is -0.451 e. The molecule has 0 atom stereocenters. The normalized spacial score (nSPS) is 16.6. The molecule has 3 heterocycles. The van der Waals surface area contributed by atoms with Crippen molar-refractivity contribution in [1.29, 1.82) is 0 Å². The summed E-state index contributed by atoms with van der Waals surface area (Å²) in [6.45, 7) is 4.37. The fourth-order valence-corrected chi connectivity index (χ4v) is 5.49. The van der Waals surface area contributed by atoms with Gasteiger partial charge in [0, 0.05) is 38.7 Å². The standard InChI is InChI=1S/C30H33N3O5/c1-20-9-10-26-24(16-20)25(34)17-27(38-26)30(37)31-18-29(36)32-14-11-21(12-15-32)23-7-3-2-6-22(23)19-33-13-5-4-8-28(33)35/h2-3,6-7,9-10,16-17,21H,4-5,8,11-15,18-19H2,1H3,(H,31,37). The van der Waals surface area contributed by atoms with Gasteiger partial charge in [-0.05, 0) is 61.8 Å². The van der Waals surface area contributed by atoms with Gasteiger partial charge in [-0.15, -0.1) is 0 Å². The van der Waals surface area contributed by atoms with Crippen LogP contribution in [0.25, 0.3) is 11.0 Å². The lowest BCUT2D eigenvalue weighted by Crippen LogP contribution is -2.44. The summed E-state index contributed by atoms with van der Waals surface area (Å²) in [6.07, 6.45) is 4.30. The smallest absolute Gasteiger partial charge is 0.287 e. The predicted octanol–water partition coefficient (Wildman–Crippen LogP) is 3.75. The number of carbonyl (C=O) groups excluding carboxylic acids is 3. The number of carbonyl (C=O) groups is 3. The number of nitrogens with zero attached hydrogens (tertiary/aromatic N) is 2. The van der Waals surface area contributed by atoms with Crippen LogP contribution < -0.4 is 10.7 Å². The van der Waals surface area contributed by atoms with E-state index in [1.54, 1.807) is 17.0 Å². The maximum Gasteiger partial charge on any atom is 0.287 e. The predicted molar refractivity (Wildman–Crippen MR) is 144 cm³/mol. The second kappa shape index (κ2) is 11.2. The van der Waals surface area contributed by atoms with Crippen molar-refractivity contribution < 1.29 is 18.8 Å². The van der Waals surface area contributed by atoms with Gasteiger partial charge in [0.05, 0.1) is 11.9 Å². The molecule has 2 saturated heterocycles. The molecule has 0 unspecified atom stereocenters. The van der Waals surface area contributed by atoms with Crippen LogP contribution in [0.4, 0.5) is 0 Å². The van der Waals surface area contributed by atoms with Crippen LogP contribution in [0.3, 0.4) is 0 Å². The summed E-state index contributed by atoms with van der Waals surface area (Å²) >= 11 is 0. The second-order valence-electron chi connectivity index (χ2n) is 10.3. The minimum absolute atomic E-state index is 0.110. The SMILES string of the molecule is Cc1ccc2oc(C(=O)NCC(=O)N3CCC(c4ccccc4CN4CCCCC4=O)CC3)cc(=O)c2c1. The molecule has 0 radical (unpaired) electrons. The van der Waals surface area contributed by atoms with Gasteiger partial charge in [0.25, 0.3) is 5.91 Å². The lowest BCUT2D eigenvalue weighted by atomic mass is 9.86. The fraction of sp³-hybridized carbons (Fsp3) is 0.400. The Bertz CT molecular complexity index is 1420. The van der Waals surface area contributed by atoms with Crippen molar-refractivity contribution in [3.8, 4) is 0 Å². The van der Waals surface area contributed by atoms with Crippen molar-refractivity contribution in [3.05, 3.63) is 81.2 Å². The molecule has 8 heteroatoms.